The normalized spacial score (nSPS) is 12.6. The minimum absolute atomic E-state index is 0.116. The van der Waals surface area contributed by atoms with Gasteiger partial charge in [-0.3, -0.25) is 9.59 Å². The molecule has 0 saturated heterocycles. The number of rotatable bonds is 3. The number of hydrogen-bond acceptors (Lipinski definition) is 3. The van der Waals surface area contributed by atoms with Gasteiger partial charge in [0.2, 0.25) is 12.2 Å². The van der Waals surface area contributed by atoms with E-state index in [1.807, 2.05) is 0 Å². The molecule has 0 spiro atoms. The number of primary amides is 1. The molecule has 4 heteroatoms. The fourth-order valence-electron chi connectivity index (χ4n) is 0.190. The van der Waals surface area contributed by atoms with Crippen molar-refractivity contribution in [3.63, 3.8) is 0 Å². The van der Waals surface area contributed by atoms with E-state index in [0.29, 0.717) is 0 Å². The smallest absolute Gasteiger partial charge is 0.234 e. The second-order valence-corrected chi connectivity index (χ2v) is 1.36. The van der Waals surface area contributed by atoms with E-state index in [9.17, 15) is 9.59 Å². The van der Waals surface area contributed by atoms with Crippen molar-refractivity contribution < 1.29 is 9.59 Å². The van der Waals surface area contributed by atoms with Gasteiger partial charge in [0, 0.05) is 6.42 Å². The molecule has 8 heavy (non-hydrogen) atoms. The maximum absolute atomic E-state index is 10.0. The van der Waals surface area contributed by atoms with Crippen LogP contribution in [0.4, 0.5) is 0 Å². The van der Waals surface area contributed by atoms with Crippen molar-refractivity contribution >= 4 is 12.2 Å². The van der Waals surface area contributed by atoms with Crippen LogP contribution in [0.25, 0.3) is 0 Å². The Morgan fingerprint density at radius 2 is 2.25 bits per heavy atom. The van der Waals surface area contributed by atoms with Gasteiger partial charge >= 0.3 is 0 Å². The lowest BCUT2D eigenvalue weighted by Crippen LogP contribution is -2.36. The minimum Gasteiger partial charge on any atom is -0.368 e. The molecule has 1 radical (unpaired) electrons. The number of carbonyl (C=O) groups excluding carboxylic acids is 2. The molecule has 0 aliphatic heterocycles. The first kappa shape index (κ1) is 7.10. The predicted molar refractivity (Wildman–Crippen MR) is 27.5 cm³/mol. The second kappa shape index (κ2) is 3.15. The van der Waals surface area contributed by atoms with Crippen LogP contribution in [0.1, 0.15) is 6.42 Å². The highest BCUT2D eigenvalue weighted by Gasteiger charge is 2.06. The molecular weight excluding hydrogens is 108 g/mol. The van der Waals surface area contributed by atoms with Crippen LogP contribution in [-0.2, 0) is 9.59 Å². The summed E-state index contributed by atoms with van der Waals surface area (Å²) in [6.07, 6.45) is 1.36. The van der Waals surface area contributed by atoms with Gasteiger partial charge in [-0.05, 0) is 0 Å². The quantitative estimate of drug-likeness (QED) is 0.459. The highest BCUT2D eigenvalue weighted by atomic mass is 16.1. The van der Waals surface area contributed by atoms with Gasteiger partial charge < -0.3 is 11.5 Å². The van der Waals surface area contributed by atoms with Crippen LogP contribution in [0.5, 0.6) is 0 Å². The lowest BCUT2D eigenvalue weighted by molar-refractivity contribution is -0.119. The maximum Gasteiger partial charge on any atom is 0.234 e. The van der Waals surface area contributed by atoms with E-state index in [-0.39, 0.29) is 6.42 Å². The molecule has 0 bridgehead atoms. The summed E-state index contributed by atoms with van der Waals surface area (Å²) in [5.41, 5.74) is 9.67. The third-order valence-electron chi connectivity index (χ3n) is 0.669. The van der Waals surface area contributed by atoms with Gasteiger partial charge in [-0.25, -0.2) is 0 Å². The fraction of sp³-hybridized carbons (Fsp3) is 0.500. The number of carbonyl (C=O) groups is 1. The first-order chi connectivity index (χ1) is 3.68. The summed E-state index contributed by atoms with van der Waals surface area (Å²) in [6.45, 7) is 0. The third-order valence-corrected chi connectivity index (χ3v) is 0.669. The molecule has 0 aromatic carbocycles. The van der Waals surface area contributed by atoms with E-state index in [4.69, 9.17) is 5.73 Å². The largest absolute Gasteiger partial charge is 0.368 e. The van der Waals surface area contributed by atoms with E-state index in [1.54, 1.807) is 0 Å². The van der Waals surface area contributed by atoms with E-state index >= 15 is 0 Å². The molecule has 0 aliphatic rings. The fourth-order valence-corrected chi connectivity index (χ4v) is 0.190. The number of amides is 1. The number of hydrogen-bond donors (Lipinski definition) is 2. The Morgan fingerprint density at radius 3 is 2.38 bits per heavy atom. The van der Waals surface area contributed by atoms with Gasteiger partial charge in [-0.15, -0.1) is 0 Å². The molecule has 0 aromatic rings. The Kier molecular flexibility index (Phi) is 2.79. The van der Waals surface area contributed by atoms with Gasteiger partial charge in [0.15, 0.2) is 0 Å². The topological polar surface area (TPSA) is 86.2 Å². The molecule has 1 atom stereocenters. The van der Waals surface area contributed by atoms with Crippen molar-refractivity contribution in [2.75, 3.05) is 0 Å². The van der Waals surface area contributed by atoms with Gasteiger partial charge in [0.1, 0.15) is 0 Å². The van der Waals surface area contributed by atoms with Crippen molar-refractivity contribution in [1.82, 2.24) is 0 Å². The monoisotopic (exact) mass is 115 g/mol. The summed E-state index contributed by atoms with van der Waals surface area (Å²) in [5, 5.41) is 0. The van der Waals surface area contributed by atoms with E-state index < -0.39 is 11.9 Å². The van der Waals surface area contributed by atoms with Crippen LogP contribution in [0.15, 0.2) is 0 Å². The molecular formula is C4H7N2O2. The minimum atomic E-state index is -0.868. The van der Waals surface area contributed by atoms with Crippen LogP contribution >= 0.6 is 0 Å². The lowest BCUT2D eigenvalue weighted by atomic mass is 10.2. The summed E-state index contributed by atoms with van der Waals surface area (Å²) in [6, 6.07) is -0.868. The van der Waals surface area contributed by atoms with Crippen molar-refractivity contribution in [2.45, 2.75) is 12.5 Å². The van der Waals surface area contributed by atoms with Crippen molar-refractivity contribution in [3.8, 4) is 0 Å². The van der Waals surface area contributed by atoms with Gasteiger partial charge in [-0.1, -0.05) is 0 Å². The number of nitrogens with two attached hydrogens (primary N) is 2. The predicted octanol–water partition coefficient (Wildman–Crippen LogP) is -1.70. The van der Waals surface area contributed by atoms with E-state index in [2.05, 4.69) is 5.73 Å². The van der Waals surface area contributed by atoms with Gasteiger partial charge in [0.25, 0.3) is 0 Å². The van der Waals surface area contributed by atoms with Crippen LogP contribution < -0.4 is 11.5 Å². The highest BCUT2D eigenvalue weighted by Crippen LogP contribution is 1.78. The van der Waals surface area contributed by atoms with Gasteiger partial charge in [0.05, 0.1) is 6.04 Å². The zero-order valence-corrected chi connectivity index (χ0v) is 4.26. The summed E-state index contributed by atoms with van der Waals surface area (Å²) < 4.78 is 0. The molecule has 0 aromatic heterocycles. The first-order valence-corrected chi connectivity index (χ1v) is 2.08. The average Bonchev–Trinajstić information content (AvgIpc) is 1.67. The summed E-state index contributed by atoms with van der Waals surface area (Å²) in [7, 11) is 0. The summed E-state index contributed by atoms with van der Waals surface area (Å²) in [4.78, 5) is 19.5. The first-order valence-electron chi connectivity index (χ1n) is 2.08. The SMILES string of the molecule is NC(=O)[C@@H](N)C[C]=O. The maximum atomic E-state index is 10.0. The van der Waals surface area contributed by atoms with Crippen LogP contribution in [0.3, 0.4) is 0 Å². The van der Waals surface area contributed by atoms with E-state index in [1.165, 1.54) is 6.29 Å². The van der Waals surface area contributed by atoms with Crippen molar-refractivity contribution in [3.05, 3.63) is 0 Å². The molecule has 4 nitrogen and oxygen atoms in total. The lowest BCUT2D eigenvalue weighted by Gasteiger charge is -1.97. The Hall–Kier alpha value is -0.900. The summed E-state index contributed by atoms with van der Waals surface area (Å²) >= 11 is 0. The molecule has 45 valence electrons. The van der Waals surface area contributed by atoms with Crippen molar-refractivity contribution in [1.29, 1.82) is 0 Å². The van der Waals surface area contributed by atoms with Crippen LogP contribution in [-0.4, -0.2) is 18.2 Å². The van der Waals surface area contributed by atoms with E-state index in [0.717, 1.165) is 0 Å². The molecule has 0 rings (SSSR count). The molecule has 0 unspecified atom stereocenters. The molecule has 0 fully saturated rings. The Bertz CT molecular complexity index is 102. The molecule has 0 aliphatic carbocycles. The summed E-state index contributed by atoms with van der Waals surface area (Å²) in [5.74, 6) is -0.673. The third kappa shape index (κ3) is 2.30. The average molecular weight is 115 g/mol. The Labute approximate surface area is 46.8 Å². The Morgan fingerprint density at radius 1 is 1.75 bits per heavy atom. The molecule has 0 heterocycles. The second-order valence-electron chi connectivity index (χ2n) is 1.36. The standard InChI is InChI=1S/C4H7N2O2/c5-3(1-2-7)4(6)8/h3H,1,5H2,(H2,6,8)/t3-/m0/s1. The van der Waals surface area contributed by atoms with Crippen LogP contribution in [0.2, 0.25) is 0 Å². The highest BCUT2D eigenvalue weighted by molar-refractivity contribution is 5.82. The van der Waals surface area contributed by atoms with Gasteiger partial charge in [-0.2, -0.15) is 0 Å². The zero-order chi connectivity index (χ0) is 6.57. The van der Waals surface area contributed by atoms with Crippen LogP contribution in [0, 0.1) is 0 Å². The zero-order valence-electron chi connectivity index (χ0n) is 4.26. The molecule has 1 amide bonds. The molecule has 0 saturated carbocycles. The molecule has 4 N–H and O–H groups in total. The van der Waals surface area contributed by atoms with Crippen molar-refractivity contribution in [2.24, 2.45) is 11.5 Å². The Balaban J connectivity index is 3.46.